The van der Waals surface area contributed by atoms with E-state index in [0.29, 0.717) is 12.0 Å². The number of nitrogens with one attached hydrogen (secondary N) is 1. The Morgan fingerprint density at radius 3 is 2.67 bits per heavy atom. The van der Waals surface area contributed by atoms with Crippen LogP contribution in [0.4, 0.5) is 4.79 Å². The number of alkyl carbamates (subject to hydrolysis) is 1. The number of benzene rings is 1. The molecule has 0 spiro atoms. The Morgan fingerprint density at radius 2 is 2.04 bits per heavy atom. The summed E-state index contributed by atoms with van der Waals surface area (Å²) in [5.41, 5.74) is 2.31. The van der Waals surface area contributed by atoms with Crippen LogP contribution >= 0.6 is 0 Å². The maximum absolute atomic E-state index is 12.0. The molecule has 2 aromatic rings. The van der Waals surface area contributed by atoms with Crippen molar-refractivity contribution in [2.24, 2.45) is 7.05 Å². The highest BCUT2D eigenvalue weighted by atomic mass is 16.5. The van der Waals surface area contributed by atoms with Crippen molar-refractivity contribution in [2.45, 2.75) is 32.4 Å². The molecule has 1 amide bonds. The van der Waals surface area contributed by atoms with Crippen molar-refractivity contribution < 1.29 is 19.4 Å². The first kappa shape index (κ1) is 17.5. The predicted octanol–water partition coefficient (Wildman–Crippen LogP) is 2.42. The third kappa shape index (κ3) is 4.84. The number of amides is 1. The Labute approximate surface area is 140 Å². The molecule has 0 aliphatic rings. The molecule has 0 saturated carbocycles. The van der Waals surface area contributed by atoms with Crippen LogP contribution in [0.25, 0.3) is 0 Å². The fourth-order valence-corrected chi connectivity index (χ4v) is 2.44. The lowest BCUT2D eigenvalue weighted by atomic mass is 10.0. The summed E-state index contributed by atoms with van der Waals surface area (Å²) in [6, 6.07) is 8.59. The number of carbonyl (C=O) groups excluding carboxylic acids is 1. The van der Waals surface area contributed by atoms with E-state index in [9.17, 15) is 9.59 Å². The Balaban J connectivity index is 2.05. The van der Waals surface area contributed by atoms with Crippen LogP contribution < -0.4 is 5.32 Å². The van der Waals surface area contributed by atoms with E-state index in [0.717, 1.165) is 11.3 Å². The summed E-state index contributed by atoms with van der Waals surface area (Å²) in [5, 5.41) is 16.0. The molecule has 128 valence electrons. The first-order valence-electron chi connectivity index (χ1n) is 7.71. The average Bonchev–Trinajstić information content (AvgIpc) is 2.94. The van der Waals surface area contributed by atoms with Gasteiger partial charge < -0.3 is 15.2 Å². The van der Waals surface area contributed by atoms with Crippen molar-refractivity contribution in [2.75, 3.05) is 0 Å². The zero-order valence-electron chi connectivity index (χ0n) is 13.7. The van der Waals surface area contributed by atoms with Gasteiger partial charge in [0.15, 0.2) is 0 Å². The number of nitrogens with zero attached hydrogens (tertiary/aromatic N) is 2. The zero-order chi connectivity index (χ0) is 17.5. The molecule has 1 heterocycles. The van der Waals surface area contributed by atoms with Crippen LogP contribution in [0.1, 0.15) is 36.2 Å². The number of aromatic nitrogens is 2. The maximum atomic E-state index is 12.0. The molecule has 2 N–H and O–H groups in total. The van der Waals surface area contributed by atoms with Gasteiger partial charge in [-0.2, -0.15) is 5.10 Å². The molecule has 2 rings (SSSR count). The van der Waals surface area contributed by atoms with Crippen molar-refractivity contribution >= 4 is 12.1 Å². The Bertz CT molecular complexity index is 697. The zero-order valence-corrected chi connectivity index (χ0v) is 13.7. The molecule has 24 heavy (non-hydrogen) atoms. The molecule has 0 unspecified atom stereocenters. The highest BCUT2D eigenvalue weighted by Crippen LogP contribution is 2.21. The topological polar surface area (TPSA) is 93.5 Å². The van der Waals surface area contributed by atoms with Gasteiger partial charge in [-0.1, -0.05) is 37.3 Å². The highest BCUT2D eigenvalue weighted by Gasteiger charge is 2.23. The Hall–Kier alpha value is -2.83. The Morgan fingerprint density at radius 1 is 1.33 bits per heavy atom. The van der Waals surface area contributed by atoms with Crippen LogP contribution in [0, 0.1) is 0 Å². The summed E-state index contributed by atoms with van der Waals surface area (Å²) >= 11 is 0. The van der Waals surface area contributed by atoms with E-state index in [2.05, 4.69) is 10.4 Å². The number of carboxylic acid groups (broad SMARTS) is 1. The number of hydrogen-bond acceptors (Lipinski definition) is 4. The average molecular weight is 331 g/mol. The summed E-state index contributed by atoms with van der Waals surface area (Å²) < 4.78 is 6.78. The SMILES string of the molecule is CCc1nn(C)cc1[C@@H](CC(=O)O)NC(=O)OCc1ccccc1. The summed E-state index contributed by atoms with van der Waals surface area (Å²) in [6.07, 6.45) is 1.48. The molecule has 7 nitrogen and oxygen atoms in total. The van der Waals surface area contributed by atoms with E-state index < -0.39 is 18.1 Å². The van der Waals surface area contributed by atoms with Crippen LogP contribution in [0.2, 0.25) is 0 Å². The number of carbonyl (C=O) groups is 2. The number of hydrogen-bond donors (Lipinski definition) is 2. The molecule has 0 aliphatic heterocycles. The molecule has 1 aromatic heterocycles. The van der Waals surface area contributed by atoms with Gasteiger partial charge in [0.25, 0.3) is 0 Å². The van der Waals surface area contributed by atoms with E-state index in [4.69, 9.17) is 9.84 Å². The molecule has 0 fully saturated rings. The summed E-state index contributed by atoms with van der Waals surface area (Å²) in [4.78, 5) is 23.2. The van der Waals surface area contributed by atoms with Gasteiger partial charge in [0.05, 0.1) is 18.2 Å². The van der Waals surface area contributed by atoms with Crippen molar-refractivity contribution in [3.63, 3.8) is 0 Å². The summed E-state index contributed by atoms with van der Waals surface area (Å²) in [7, 11) is 1.76. The normalized spacial score (nSPS) is 11.8. The smallest absolute Gasteiger partial charge is 0.407 e. The number of rotatable bonds is 7. The van der Waals surface area contributed by atoms with E-state index in [-0.39, 0.29) is 13.0 Å². The van der Waals surface area contributed by atoms with Crippen molar-refractivity contribution in [1.29, 1.82) is 0 Å². The van der Waals surface area contributed by atoms with Crippen LogP contribution in [-0.4, -0.2) is 26.9 Å². The fourth-order valence-electron chi connectivity index (χ4n) is 2.44. The molecule has 0 aliphatic carbocycles. The lowest BCUT2D eigenvalue weighted by Crippen LogP contribution is -2.31. The standard InChI is InChI=1S/C17H21N3O4/c1-3-14-13(10-20(2)19-14)15(9-16(21)22)18-17(23)24-11-12-7-5-4-6-8-12/h4-8,10,15H,3,9,11H2,1-2H3,(H,18,23)(H,21,22)/t15-/m1/s1. The highest BCUT2D eigenvalue weighted by molar-refractivity contribution is 5.72. The lowest BCUT2D eigenvalue weighted by Gasteiger charge is -2.17. The molecule has 1 aromatic carbocycles. The summed E-state index contributed by atoms with van der Waals surface area (Å²) in [6.45, 7) is 2.05. The molecular weight excluding hydrogens is 310 g/mol. The van der Waals surface area contributed by atoms with Gasteiger partial charge >= 0.3 is 12.1 Å². The minimum absolute atomic E-state index is 0.125. The van der Waals surface area contributed by atoms with Gasteiger partial charge in [0, 0.05) is 18.8 Å². The Kier molecular flexibility index (Phi) is 5.95. The van der Waals surface area contributed by atoms with Crippen molar-refractivity contribution in [3.05, 3.63) is 53.3 Å². The lowest BCUT2D eigenvalue weighted by molar-refractivity contribution is -0.137. The largest absolute Gasteiger partial charge is 0.481 e. The van der Waals surface area contributed by atoms with E-state index in [1.807, 2.05) is 37.3 Å². The minimum Gasteiger partial charge on any atom is -0.481 e. The third-order valence-corrected chi connectivity index (χ3v) is 3.53. The molecule has 0 radical (unpaired) electrons. The van der Waals surface area contributed by atoms with Gasteiger partial charge in [-0.3, -0.25) is 9.48 Å². The monoisotopic (exact) mass is 331 g/mol. The molecular formula is C17H21N3O4. The quantitative estimate of drug-likeness (QED) is 0.813. The van der Waals surface area contributed by atoms with Crippen LogP contribution in [0.5, 0.6) is 0 Å². The van der Waals surface area contributed by atoms with Gasteiger partial charge in [-0.15, -0.1) is 0 Å². The van der Waals surface area contributed by atoms with Crippen molar-refractivity contribution in [1.82, 2.24) is 15.1 Å². The van der Waals surface area contributed by atoms with Crippen LogP contribution in [-0.2, 0) is 29.6 Å². The summed E-state index contributed by atoms with van der Waals surface area (Å²) in [5.74, 6) is -1.01. The number of aliphatic carboxylic acids is 1. The second kappa shape index (κ2) is 8.14. The number of ether oxygens (including phenoxy) is 1. The van der Waals surface area contributed by atoms with Gasteiger partial charge in [-0.25, -0.2) is 4.79 Å². The van der Waals surface area contributed by atoms with Crippen LogP contribution in [0.15, 0.2) is 36.5 Å². The third-order valence-electron chi connectivity index (χ3n) is 3.53. The number of aryl methyl sites for hydroxylation is 2. The van der Waals surface area contributed by atoms with Gasteiger partial charge in [0.1, 0.15) is 6.61 Å². The second-order valence-electron chi connectivity index (χ2n) is 5.41. The van der Waals surface area contributed by atoms with E-state index in [1.54, 1.807) is 17.9 Å². The first-order chi connectivity index (χ1) is 11.5. The number of carboxylic acids is 1. The molecule has 0 saturated heterocycles. The molecule has 7 heteroatoms. The van der Waals surface area contributed by atoms with Gasteiger partial charge in [-0.05, 0) is 12.0 Å². The van der Waals surface area contributed by atoms with Gasteiger partial charge in [0.2, 0.25) is 0 Å². The second-order valence-corrected chi connectivity index (χ2v) is 5.41. The predicted molar refractivity (Wildman–Crippen MR) is 87.3 cm³/mol. The minimum atomic E-state index is -1.01. The molecule has 1 atom stereocenters. The maximum Gasteiger partial charge on any atom is 0.407 e. The van der Waals surface area contributed by atoms with E-state index in [1.165, 1.54) is 0 Å². The first-order valence-corrected chi connectivity index (χ1v) is 7.71. The van der Waals surface area contributed by atoms with E-state index >= 15 is 0 Å². The molecule has 0 bridgehead atoms. The fraction of sp³-hybridized carbons (Fsp3) is 0.353. The van der Waals surface area contributed by atoms with Crippen molar-refractivity contribution in [3.8, 4) is 0 Å². The van der Waals surface area contributed by atoms with Crippen LogP contribution in [0.3, 0.4) is 0 Å².